The Labute approximate surface area is 252 Å². The van der Waals surface area contributed by atoms with E-state index < -0.39 is 0 Å². The van der Waals surface area contributed by atoms with Gasteiger partial charge in [-0.15, -0.1) is 0 Å². The first kappa shape index (κ1) is 33.7. The number of hydrogen-bond donors (Lipinski definition) is 1. The zero-order valence-electron chi connectivity index (χ0n) is 26.8. The summed E-state index contributed by atoms with van der Waals surface area (Å²) >= 11 is 4.91. The van der Waals surface area contributed by atoms with Gasteiger partial charge in [0.05, 0.1) is 0 Å². The zero-order chi connectivity index (χ0) is 29.8. The van der Waals surface area contributed by atoms with Crippen molar-refractivity contribution < 1.29 is 0 Å². The van der Waals surface area contributed by atoms with Crippen molar-refractivity contribution in [3.8, 4) is 0 Å². The highest BCUT2D eigenvalue weighted by Crippen LogP contribution is 2.41. The molecule has 0 radical (unpaired) electrons. The summed E-state index contributed by atoms with van der Waals surface area (Å²) in [5, 5.41) is 0. The molecule has 1 unspecified atom stereocenters. The van der Waals surface area contributed by atoms with Crippen LogP contribution in [0.2, 0.25) is 0 Å². The predicted octanol–water partition coefficient (Wildman–Crippen LogP) is 12.3. The first-order valence-electron chi connectivity index (χ1n) is 15.0. The highest BCUT2D eigenvalue weighted by atomic mass is 32.1. The van der Waals surface area contributed by atoms with Crippen LogP contribution in [0.1, 0.15) is 101 Å². The van der Waals surface area contributed by atoms with E-state index in [4.69, 9.17) is 12.6 Å². The molecule has 1 atom stereocenters. The third kappa shape index (κ3) is 11.5. The molecule has 0 aromatic carbocycles. The summed E-state index contributed by atoms with van der Waals surface area (Å²) in [4.78, 5) is 0. The molecule has 2 aliphatic rings. The van der Waals surface area contributed by atoms with Crippen molar-refractivity contribution in [2.75, 3.05) is 0 Å². The van der Waals surface area contributed by atoms with Gasteiger partial charge in [-0.3, -0.25) is 0 Å². The Balaban J connectivity index is 1.89. The van der Waals surface area contributed by atoms with E-state index in [0.29, 0.717) is 0 Å². The number of rotatable bonds is 10. The molecule has 0 fully saturated rings. The maximum atomic E-state index is 4.91. The van der Waals surface area contributed by atoms with Crippen molar-refractivity contribution in [1.82, 2.24) is 0 Å². The van der Waals surface area contributed by atoms with Crippen molar-refractivity contribution in [3.63, 3.8) is 0 Å². The lowest BCUT2D eigenvalue weighted by Crippen LogP contribution is -2.23. The second-order valence-electron chi connectivity index (χ2n) is 12.7. The van der Waals surface area contributed by atoms with Gasteiger partial charge in [-0.2, -0.15) is 12.6 Å². The Bertz CT molecular complexity index is 1120. The Morgan fingerprint density at radius 1 is 0.575 bits per heavy atom. The van der Waals surface area contributed by atoms with Gasteiger partial charge in [-0.1, -0.05) is 132 Å². The van der Waals surface area contributed by atoms with Gasteiger partial charge in [0.2, 0.25) is 0 Å². The van der Waals surface area contributed by atoms with E-state index in [9.17, 15) is 0 Å². The van der Waals surface area contributed by atoms with Gasteiger partial charge in [0.1, 0.15) is 0 Å². The standard InChI is InChI=1S/C39H54S/c1-30(18-12-20-32(3)24-26-36-34(5)22-14-28-38(36,7)8)16-10-11-17-31(2)19-13-21-33(4)25-27-37-35(6)23-15-29-39(37,9)40/h10-13,16-21,24-27,40H,14-15,22-23,28-29H2,1-9H3/b11-10+,18-12+,19-13+,26-24+,27-25+,30-16+,31-17+,32-20+,33-21+. The molecule has 0 spiro atoms. The summed E-state index contributed by atoms with van der Waals surface area (Å²) in [6.45, 7) is 20.1. The van der Waals surface area contributed by atoms with Crippen LogP contribution in [0.25, 0.3) is 0 Å². The van der Waals surface area contributed by atoms with Crippen molar-refractivity contribution in [2.24, 2.45) is 5.41 Å². The Kier molecular flexibility index (Phi) is 13.5. The molecule has 40 heavy (non-hydrogen) atoms. The van der Waals surface area contributed by atoms with Gasteiger partial charge in [0, 0.05) is 4.75 Å². The van der Waals surface area contributed by atoms with Crippen LogP contribution in [0.4, 0.5) is 0 Å². The van der Waals surface area contributed by atoms with Gasteiger partial charge < -0.3 is 0 Å². The third-order valence-corrected chi connectivity index (χ3v) is 8.55. The van der Waals surface area contributed by atoms with Crippen LogP contribution in [0, 0.1) is 5.41 Å². The van der Waals surface area contributed by atoms with E-state index in [1.165, 1.54) is 71.1 Å². The molecule has 0 aromatic rings. The van der Waals surface area contributed by atoms with E-state index in [1.54, 1.807) is 5.57 Å². The van der Waals surface area contributed by atoms with Crippen LogP contribution in [0.5, 0.6) is 0 Å². The minimum Gasteiger partial charge on any atom is -0.168 e. The SMILES string of the molecule is CC1=C(/C=C/C(C)=C/C=C/C(C)=C/C=C/C=C(C)/C=C/C=C(C)/C=C/C2=C(C)CCCC2(C)S)C(C)(C)CCC1. The van der Waals surface area contributed by atoms with Crippen LogP contribution in [0.3, 0.4) is 0 Å². The number of thiol groups is 1. The van der Waals surface area contributed by atoms with Crippen molar-refractivity contribution in [3.05, 3.63) is 130 Å². The molecule has 1 heteroatoms. The van der Waals surface area contributed by atoms with Crippen molar-refractivity contribution in [1.29, 1.82) is 0 Å². The predicted molar refractivity (Wildman–Crippen MR) is 185 cm³/mol. The van der Waals surface area contributed by atoms with E-state index in [0.717, 1.165) is 6.42 Å². The first-order valence-corrected chi connectivity index (χ1v) is 15.5. The maximum absolute atomic E-state index is 4.91. The van der Waals surface area contributed by atoms with Gasteiger partial charge in [0.25, 0.3) is 0 Å². The largest absolute Gasteiger partial charge is 0.168 e. The highest BCUT2D eigenvalue weighted by molar-refractivity contribution is 7.82. The third-order valence-electron chi connectivity index (χ3n) is 8.09. The van der Waals surface area contributed by atoms with Crippen LogP contribution >= 0.6 is 12.6 Å². The van der Waals surface area contributed by atoms with Gasteiger partial charge in [0.15, 0.2) is 0 Å². The molecule has 2 rings (SSSR count). The Hall–Kier alpha value is -2.51. The lowest BCUT2D eigenvalue weighted by molar-refractivity contribution is 0.377. The molecule has 0 aliphatic heterocycles. The lowest BCUT2D eigenvalue weighted by Gasteiger charge is -2.32. The monoisotopic (exact) mass is 554 g/mol. The fourth-order valence-corrected chi connectivity index (χ4v) is 5.95. The Morgan fingerprint density at radius 3 is 1.45 bits per heavy atom. The van der Waals surface area contributed by atoms with Crippen molar-refractivity contribution in [2.45, 2.75) is 106 Å². The maximum Gasteiger partial charge on any atom is 0.0349 e. The van der Waals surface area contributed by atoms with Crippen LogP contribution in [0.15, 0.2) is 130 Å². The fraction of sp³-hybridized carbons (Fsp3) is 0.436. The summed E-state index contributed by atoms with van der Waals surface area (Å²) in [6.07, 6.45) is 37.9. The molecular formula is C39H54S. The molecule has 0 heterocycles. The van der Waals surface area contributed by atoms with E-state index >= 15 is 0 Å². The summed E-state index contributed by atoms with van der Waals surface area (Å²) in [5.74, 6) is 0. The second kappa shape index (κ2) is 16.1. The van der Waals surface area contributed by atoms with Crippen LogP contribution < -0.4 is 0 Å². The van der Waals surface area contributed by atoms with Gasteiger partial charge in [-0.05, 0) is 104 Å². The van der Waals surface area contributed by atoms with E-state index in [2.05, 4.69) is 147 Å². The van der Waals surface area contributed by atoms with Crippen LogP contribution in [-0.2, 0) is 0 Å². The first-order chi connectivity index (χ1) is 18.8. The summed E-state index contributed by atoms with van der Waals surface area (Å²) in [7, 11) is 0. The Morgan fingerprint density at radius 2 is 0.975 bits per heavy atom. The summed E-state index contributed by atoms with van der Waals surface area (Å²) in [6, 6.07) is 0. The second-order valence-corrected chi connectivity index (χ2v) is 13.7. The molecule has 0 nitrogen and oxygen atoms in total. The quantitative estimate of drug-likeness (QED) is 0.201. The highest BCUT2D eigenvalue weighted by Gasteiger charge is 2.28. The van der Waals surface area contributed by atoms with E-state index in [1.807, 2.05) is 0 Å². The topological polar surface area (TPSA) is 0 Å². The summed E-state index contributed by atoms with van der Waals surface area (Å²) in [5.41, 5.74) is 11.2. The molecule has 0 aromatic heterocycles. The van der Waals surface area contributed by atoms with Gasteiger partial charge in [-0.25, -0.2) is 0 Å². The molecule has 0 N–H and O–H groups in total. The van der Waals surface area contributed by atoms with Crippen LogP contribution in [-0.4, -0.2) is 4.75 Å². The average molecular weight is 555 g/mol. The lowest BCUT2D eigenvalue weighted by atomic mass is 9.72. The number of hydrogen-bond acceptors (Lipinski definition) is 1. The fourth-order valence-electron chi connectivity index (χ4n) is 5.53. The normalized spacial score (nSPS) is 24.4. The van der Waals surface area contributed by atoms with Crippen molar-refractivity contribution >= 4 is 12.6 Å². The van der Waals surface area contributed by atoms with E-state index in [-0.39, 0.29) is 10.2 Å². The minimum absolute atomic E-state index is 0.0144. The molecule has 0 saturated heterocycles. The average Bonchev–Trinajstić information content (AvgIpc) is 2.85. The molecule has 0 amide bonds. The summed E-state index contributed by atoms with van der Waals surface area (Å²) < 4.78 is -0.0144. The zero-order valence-corrected chi connectivity index (χ0v) is 27.7. The molecule has 0 saturated carbocycles. The molecule has 0 bridgehead atoms. The minimum atomic E-state index is -0.0144. The molecule has 2 aliphatic carbocycles. The molecule has 216 valence electrons. The smallest absolute Gasteiger partial charge is 0.0349 e. The van der Waals surface area contributed by atoms with Gasteiger partial charge >= 0.3 is 0 Å². The molecular weight excluding hydrogens is 500 g/mol. The number of allylic oxidation sites excluding steroid dienone is 21.